The smallest absolute Gasteiger partial charge is 0.165 e. The Kier molecular flexibility index (Phi) is 4.75. The number of ether oxygens (including phenoxy) is 1. The highest BCUT2D eigenvalue weighted by Crippen LogP contribution is 2.24. The molecular weight excluding hydrogens is 276 g/mol. The van der Waals surface area contributed by atoms with E-state index in [1.165, 1.54) is 25.3 Å². The van der Waals surface area contributed by atoms with Crippen LogP contribution in [0.1, 0.15) is 24.1 Å². The van der Waals surface area contributed by atoms with E-state index in [9.17, 15) is 13.9 Å². The van der Waals surface area contributed by atoms with Crippen LogP contribution in [0.4, 0.5) is 8.78 Å². The second kappa shape index (κ2) is 6.54. The molecule has 1 atom stereocenters. The summed E-state index contributed by atoms with van der Waals surface area (Å²) in [7, 11) is 1.41. The first-order valence-electron chi connectivity index (χ1n) is 6.56. The minimum atomic E-state index is -0.655. The molecule has 0 bridgehead atoms. The van der Waals surface area contributed by atoms with Gasteiger partial charge in [-0.2, -0.15) is 0 Å². The highest BCUT2D eigenvalue weighted by Gasteiger charge is 2.11. The van der Waals surface area contributed by atoms with Gasteiger partial charge in [0.05, 0.1) is 7.11 Å². The fourth-order valence-electron chi connectivity index (χ4n) is 2.04. The number of rotatable bonds is 5. The van der Waals surface area contributed by atoms with Crippen molar-refractivity contribution in [2.24, 2.45) is 0 Å². The lowest BCUT2D eigenvalue weighted by Gasteiger charge is -2.16. The molecule has 2 rings (SSSR count). The summed E-state index contributed by atoms with van der Waals surface area (Å²) in [5.74, 6) is -1.26. The van der Waals surface area contributed by atoms with Crippen molar-refractivity contribution in [1.29, 1.82) is 0 Å². The number of phenols is 1. The molecule has 112 valence electrons. The largest absolute Gasteiger partial charge is 0.505 e. The number of hydrogen-bond acceptors (Lipinski definition) is 3. The van der Waals surface area contributed by atoms with Gasteiger partial charge < -0.3 is 15.2 Å². The van der Waals surface area contributed by atoms with E-state index in [0.717, 1.165) is 5.56 Å². The molecule has 3 nitrogen and oxygen atoms in total. The number of phenolic OH excluding ortho intramolecular Hbond substituents is 1. The molecule has 0 aliphatic rings. The lowest BCUT2D eigenvalue weighted by Crippen LogP contribution is -2.18. The van der Waals surface area contributed by atoms with Crippen molar-refractivity contribution in [2.75, 3.05) is 7.11 Å². The third kappa shape index (κ3) is 3.49. The van der Waals surface area contributed by atoms with Crippen LogP contribution in [0.25, 0.3) is 0 Å². The Balaban J connectivity index is 2.06. The van der Waals surface area contributed by atoms with Gasteiger partial charge in [-0.25, -0.2) is 8.78 Å². The van der Waals surface area contributed by atoms with Gasteiger partial charge in [0.15, 0.2) is 23.1 Å². The van der Waals surface area contributed by atoms with Crippen LogP contribution >= 0.6 is 0 Å². The molecule has 2 N–H and O–H groups in total. The first-order valence-corrected chi connectivity index (χ1v) is 6.56. The van der Waals surface area contributed by atoms with E-state index in [1.807, 2.05) is 6.92 Å². The summed E-state index contributed by atoms with van der Waals surface area (Å²) in [5.41, 5.74) is 1.19. The van der Waals surface area contributed by atoms with Crippen molar-refractivity contribution in [3.05, 3.63) is 59.2 Å². The molecule has 21 heavy (non-hydrogen) atoms. The van der Waals surface area contributed by atoms with E-state index in [0.29, 0.717) is 5.56 Å². The van der Waals surface area contributed by atoms with Gasteiger partial charge in [-0.05, 0) is 30.7 Å². The molecule has 2 aromatic rings. The van der Waals surface area contributed by atoms with Gasteiger partial charge in [0.1, 0.15) is 0 Å². The van der Waals surface area contributed by atoms with Crippen LogP contribution in [0, 0.1) is 11.6 Å². The number of aromatic hydroxyl groups is 1. The third-order valence-electron chi connectivity index (χ3n) is 3.34. The third-order valence-corrected chi connectivity index (χ3v) is 3.34. The molecule has 0 aliphatic heterocycles. The van der Waals surface area contributed by atoms with Gasteiger partial charge in [0, 0.05) is 18.2 Å². The Hall–Kier alpha value is -2.14. The van der Waals surface area contributed by atoms with Gasteiger partial charge >= 0.3 is 0 Å². The van der Waals surface area contributed by atoms with Gasteiger partial charge in [-0.3, -0.25) is 0 Å². The quantitative estimate of drug-likeness (QED) is 0.886. The summed E-state index contributed by atoms with van der Waals surface area (Å²) in [6, 6.07) is 8.90. The van der Waals surface area contributed by atoms with Crippen LogP contribution in [0.2, 0.25) is 0 Å². The molecule has 0 heterocycles. The topological polar surface area (TPSA) is 41.5 Å². The average molecular weight is 293 g/mol. The van der Waals surface area contributed by atoms with Crippen LogP contribution < -0.4 is 10.1 Å². The maximum atomic E-state index is 13.6. The number of halogens is 2. The van der Waals surface area contributed by atoms with Crippen molar-refractivity contribution in [2.45, 2.75) is 19.5 Å². The molecule has 0 spiro atoms. The van der Waals surface area contributed by atoms with Crippen molar-refractivity contribution >= 4 is 0 Å². The maximum absolute atomic E-state index is 13.6. The zero-order chi connectivity index (χ0) is 15.4. The van der Waals surface area contributed by atoms with Gasteiger partial charge in [-0.15, -0.1) is 0 Å². The molecule has 0 amide bonds. The van der Waals surface area contributed by atoms with Gasteiger partial charge in [0.2, 0.25) is 0 Å². The normalized spacial score (nSPS) is 12.2. The average Bonchev–Trinajstić information content (AvgIpc) is 2.48. The standard InChI is InChI=1S/C16H17F2NO2/c1-10(11-6-7-15(21-2)14(18)8-11)19-9-12-4-3-5-13(17)16(12)20/h3-8,10,19-20H,9H2,1-2H3. The minimum Gasteiger partial charge on any atom is -0.505 e. The zero-order valence-corrected chi connectivity index (χ0v) is 11.9. The highest BCUT2D eigenvalue weighted by atomic mass is 19.1. The molecule has 5 heteroatoms. The number of benzene rings is 2. The van der Waals surface area contributed by atoms with Crippen LogP contribution in [0.5, 0.6) is 11.5 Å². The molecular formula is C16H17F2NO2. The first-order chi connectivity index (χ1) is 10.0. The minimum absolute atomic E-state index is 0.159. The monoisotopic (exact) mass is 293 g/mol. The van der Waals surface area contributed by atoms with Crippen LogP contribution in [-0.4, -0.2) is 12.2 Å². The molecule has 0 aliphatic carbocycles. The Morgan fingerprint density at radius 3 is 2.62 bits per heavy atom. The second-order valence-corrected chi connectivity index (χ2v) is 4.74. The Morgan fingerprint density at radius 1 is 1.19 bits per heavy atom. The summed E-state index contributed by atoms with van der Waals surface area (Å²) in [4.78, 5) is 0. The maximum Gasteiger partial charge on any atom is 0.165 e. The van der Waals surface area contributed by atoms with E-state index in [2.05, 4.69) is 5.32 Å². The SMILES string of the molecule is COc1ccc(C(C)NCc2cccc(F)c2O)cc1F. The van der Waals surface area contributed by atoms with Crippen molar-refractivity contribution < 1.29 is 18.6 Å². The lowest BCUT2D eigenvalue weighted by molar-refractivity contribution is 0.385. The number of methoxy groups -OCH3 is 1. The van der Waals surface area contributed by atoms with E-state index >= 15 is 0 Å². The summed E-state index contributed by atoms with van der Waals surface area (Å²) in [5, 5.41) is 12.7. The molecule has 0 fully saturated rings. The molecule has 2 aromatic carbocycles. The van der Waals surface area contributed by atoms with E-state index in [-0.39, 0.29) is 24.1 Å². The summed E-state index contributed by atoms with van der Waals surface area (Å²) >= 11 is 0. The van der Waals surface area contributed by atoms with Crippen molar-refractivity contribution in [3.63, 3.8) is 0 Å². The Labute approximate surface area is 122 Å². The summed E-state index contributed by atoms with van der Waals surface area (Å²) in [6.07, 6.45) is 0. The summed E-state index contributed by atoms with van der Waals surface area (Å²) < 4.78 is 31.7. The molecule has 0 aromatic heterocycles. The number of hydrogen-bond donors (Lipinski definition) is 2. The van der Waals surface area contributed by atoms with Crippen LogP contribution in [-0.2, 0) is 6.54 Å². The predicted molar refractivity (Wildman–Crippen MR) is 76.3 cm³/mol. The molecule has 0 saturated carbocycles. The van der Waals surface area contributed by atoms with Crippen molar-refractivity contribution in [3.8, 4) is 11.5 Å². The lowest BCUT2D eigenvalue weighted by atomic mass is 10.1. The Morgan fingerprint density at radius 2 is 1.95 bits per heavy atom. The molecule has 0 radical (unpaired) electrons. The van der Waals surface area contributed by atoms with E-state index in [4.69, 9.17) is 4.74 Å². The fourth-order valence-corrected chi connectivity index (χ4v) is 2.04. The number of nitrogens with one attached hydrogen (secondary N) is 1. The molecule has 1 unspecified atom stereocenters. The van der Waals surface area contributed by atoms with E-state index < -0.39 is 11.6 Å². The van der Waals surface area contributed by atoms with Crippen LogP contribution in [0.15, 0.2) is 36.4 Å². The van der Waals surface area contributed by atoms with Crippen molar-refractivity contribution in [1.82, 2.24) is 5.32 Å². The van der Waals surface area contributed by atoms with Crippen LogP contribution in [0.3, 0.4) is 0 Å². The second-order valence-electron chi connectivity index (χ2n) is 4.74. The summed E-state index contributed by atoms with van der Waals surface area (Å²) in [6.45, 7) is 2.13. The highest BCUT2D eigenvalue weighted by molar-refractivity contribution is 5.34. The zero-order valence-electron chi connectivity index (χ0n) is 11.9. The van der Waals surface area contributed by atoms with Gasteiger partial charge in [-0.1, -0.05) is 18.2 Å². The predicted octanol–water partition coefficient (Wildman–Crippen LogP) is 3.53. The first kappa shape index (κ1) is 15.3. The Bertz CT molecular complexity index is 632. The molecule has 0 saturated heterocycles. The number of para-hydroxylation sites is 1. The van der Waals surface area contributed by atoms with Gasteiger partial charge in [0.25, 0.3) is 0 Å². The fraction of sp³-hybridized carbons (Fsp3) is 0.250. The van der Waals surface area contributed by atoms with E-state index in [1.54, 1.807) is 18.2 Å².